The number of ketones is 1. The van der Waals surface area contributed by atoms with E-state index in [2.05, 4.69) is 37.3 Å². The molecule has 2 aromatic carbocycles. The van der Waals surface area contributed by atoms with Gasteiger partial charge in [0, 0.05) is 11.5 Å². The van der Waals surface area contributed by atoms with Crippen molar-refractivity contribution in [2.75, 3.05) is 0 Å². The topological polar surface area (TPSA) is 26.3 Å². The molecule has 0 saturated carbocycles. The molecular weight excluding hydrogens is 272 g/mol. The van der Waals surface area contributed by atoms with Crippen molar-refractivity contribution in [1.29, 1.82) is 0 Å². The summed E-state index contributed by atoms with van der Waals surface area (Å²) in [6.07, 6.45) is 2.21. The normalized spacial score (nSPS) is 29.2. The smallest absolute Gasteiger partial charge is 0.160 e. The van der Waals surface area contributed by atoms with E-state index in [9.17, 15) is 4.79 Å². The Bertz CT molecular complexity index is 749. The molecule has 1 fully saturated rings. The Kier molecular flexibility index (Phi) is 2.98. The standard InChI is InChI=1S/C20H20O2/c1-13(21)16-8-4-5-9-17(16)19-12-15-11-14-7-3-6-10-18(14)20(19,2)22-15/h3-10,15,19H,11-12H2,1-2H3/t15-,19+,20+/m1/s1. The van der Waals surface area contributed by atoms with E-state index in [1.54, 1.807) is 6.92 Å². The molecule has 2 aliphatic rings. The molecule has 0 aromatic heterocycles. The molecule has 2 bridgehead atoms. The number of fused-ring (bicyclic) bond motifs is 4. The van der Waals surface area contributed by atoms with Gasteiger partial charge in [-0.05, 0) is 43.4 Å². The highest BCUT2D eigenvalue weighted by Gasteiger charge is 2.51. The Balaban J connectivity index is 1.87. The molecule has 0 unspecified atom stereocenters. The Morgan fingerprint density at radius 2 is 1.86 bits per heavy atom. The zero-order chi connectivity index (χ0) is 15.3. The molecule has 0 spiro atoms. The van der Waals surface area contributed by atoms with Gasteiger partial charge in [0.2, 0.25) is 0 Å². The van der Waals surface area contributed by atoms with Crippen molar-refractivity contribution in [3.05, 3.63) is 70.8 Å². The Hall–Kier alpha value is -1.93. The molecule has 4 rings (SSSR count). The zero-order valence-corrected chi connectivity index (χ0v) is 13.0. The van der Waals surface area contributed by atoms with Gasteiger partial charge in [-0.25, -0.2) is 0 Å². The predicted octanol–water partition coefficient (Wildman–Crippen LogP) is 4.23. The molecular formula is C20H20O2. The van der Waals surface area contributed by atoms with Crippen LogP contribution in [0.5, 0.6) is 0 Å². The first kappa shape index (κ1) is 13.7. The number of hydrogen-bond acceptors (Lipinski definition) is 2. The summed E-state index contributed by atoms with van der Waals surface area (Å²) in [4.78, 5) is 12.0. The van der Waals surface area contributed by atoms with Crippen molar-refractivity contribution in [1.82, 2.24) is 0 Å². The summed E-state index contributed by atoms with van der Waals surface area (Å²) < 4.78 is 6.40. The van der Waals surface area contributed by atoms with Crippen LogP contribution in [0.3, 0.4) is 0 Å². The third kappa shape index (κ3) is 1.87. The molecule has 2 heterocycles. The van der Waals surface area contributed by atoms with E-state index < -0.39 is 0 Å². The fraction of sp³-hybridized carbons (Fsp3) is 0.350. The summed E-state index contributed by atoms with van der Waals surface area (Å²) in [5.41, 5.74) is 4.32. The fourth-order valence-corrected chi connectivity index (χ4v) is 4.31. The summed E-state index contributed by atoms with van der Waals surface area (Å²) >= 11 is 0. The molecule has 112 valence electrons. The van der Waals surface area contributed by atoms with Crippen LogP contribution in [0.25, 0.3) is 0 Å². The maximum absolute atomic E-state index is 12.0. The molecule has 3 atom stereocenters. The number of hydrogen-bond donors (Lipinski definition) is 0. The fourth-order valence-electron chi connectivity index (χ4n) is 4.31. The van der Waals surface area contributed by atoms with Crippen LogP contribution in [0.15, 0.2) is 48.5 Å². The number of ether oxygens (including phenoxy) is 1. The van der Waals surface area contributed by atoms with E-state index in [0.717, 1.165) is 24.0 Å². The van der Waals surface area contributed by atoms with Crippen LogP contribution in [-0.2, 0) is 16.8 Å². The van der Waals surface area contributed by atoms with Gasteiger partial charge in [-0.15, -0.1) is 0 Å². The molecule has 2 aliphatic heterocycles. The summed E-state index contributed by atoms with van der Waals surface area (Å²) in [7, 11) is 0. The highest BCUT2D eigenvalue weighted by atomic mass is 16.5. The van der Waals surface area contributed by atoms with Crippen LogP contribution in [0.2, 0.25) is 0 Å². The first-order valence-corrected chi connectivity index (χ1v) is 7.95. The first-order chi connectivity index (χ1) is 10.6. The zero-order valence-electron chi connectivity index (χ0n) is 13.0. The number of rotatable bonds is 2. The minimum atomic E-state index is -0.328. The van der Waals surface area contributed by atoms with Crippen LogP contribution < -0.4 is 0 Å². The highest BCUT2D eigenvalue weighted by Crippen LogP contribution is 2.54. The van der Waals surface area contributed by atoms with Crippen LogP contribution in [-0.4, -0.2) is 11.9 Å². The van der Waals surface area contributed by atoms with E-state index in [-0.39, 0.29) is 23.4 Å². The lowest BCUT2D eigenvalue weighted by Gasteiger charge is -2.36. The van der Waals surface area contributed by atoms with Crippen LogP contribution in [0.1, 0.15) is 53.2 Å². The van der Waals surface area contributed by atoms with Gasteiger partial charge < -0.3 is 4.74 Å². The third-order valence-corrected chi connectivity index (χ3v) is 5.29. The predicted molar refractivity (Wildman–Crippen MR) is 86.2 cm³/mol. The van der Waals surface area contributed by atoms with Gasteiger partial charge in [0.25, 0.3) is 0 Å². The monoisotopic (exact) mass is 292 g/mol. The number of Topliss-reactive ketones (excluding diaryl/α,β-unsaturated/α-hetero) is 1. The molecule has 1 saturated heterocycles. The molecule has 22 heavy (non-hydrogen) atoms. The van der Waals surface area contributed by atoms with Crippen molar-refractivity contribution in [2.45, 2.75) is 44.3 Å². The SMILES string of the molecule is CC(=O)c1ccccc1[C@@H]1C[C@H]2Cc3ccccc3[C@]1(C)O2. The van der Waals surface area contributed by atoms with Crippen LogP contribution >= 0.6 is 0 Å². The van der Waals surface area contributed by atoms with E-state index >= 15 is 0 Å². The summed E-state index contributed by atoms with van der Waals surface area (Å²) in [5.74, 6) is 0.371. The van der Waals surface area contributed by atoms with E-state index in [0.29, 0.717) is 0 Å². The van der Waals surface area contributed by atoms with Crippen LogP contribution in [0.4, 0.5) is 0 Å². The van der Waals surface area contributed by atoms with E-state index in [1.807, 2.05) is 18.2 Å². The Morgan fingerprint density at radius 1 is 1.14 bits per heavy atom. The Morgan fingerprint density at radius 3 is 2.68 bits per heavy atom. The molecule has 2 nitrogen and oxygen atoms in total. The van der Waals surface area contributed by atoms with Crippen molar-refractivity contribution in [3.8, 4) is 0 Å². The number of benzene rings is 2. The lowest BCUT2D eigenvalue weighted by atomic mass is 9.76. The summed E-state index contributed by atoms with van der Waals surface area (Å²) in [6.45, 7) is 3.84. The van der Waals surface area contributed by atoms with Gasteiger partial charge >= 0.3 is 0 Å². The molecule has 2 aromatic rings. The highest BCUT2D eigenvalue weighted by molar-refractivity contribution is 5.95. The average molecular weight is 292 g/mol. The van der Waals surface area contributed by atoms with Gasteiger partial charge in [0.15, 0.2) is 5.78 Å². The first-order valence-electron chi connectivity index (χ1n) is 7.95. The quantitative estimate of drug-likeness (QED) is 0.774. The van der Waals surface area contributed by atoms with Crippen LogP contribution in [0, 0.1) is 0 Å². The van der Waals surface area contributed by atoms with Gasteiger partial charge in [0.1, 0.15) is 0 Å². The summed E-state index contributed by atoms with van der Waals surface area (Å²) in [6, 6.07) is 16.6. The van der Waals surface area contributed by atoms with Crippen molar-refractivity contribution in [2.24, 2.45) is 0 Å². The minimum Gasteiger partial charge on any atom is -0.366 e. The maximum Gasteiger partial charge on any atom is 0.160 e. The Labute approximate surface area is 131 Å². The van der Waals surface area contributed by atoms with Crippen molar-refractivity contribution < 1.29 is 9.53 Å². The number of carbonyl (C=O) groups excluding carboxylic acids is 1. The van der Waals surface area contributed by atoms with Gasteiger partial charge in [0.05, 0.1) is 11.7 Å². The second-order valence-corrected chi connectivity index (χ2v) is 6.64. The third-order valence-electron chi connectivity index (χ3n) is 5.29. The largest absolute Gasteiger partial charge is 0.366 e. The van der Waals surface area contributed by atoms with E-state index in [4.69, 9.17) is 4.74 Å². The lowest BCUT2D eigenvalue weighted by Crippen LogP contribution is -2.33. The maximum atomic E-state index is 12.0. The molecule has 2 heteroatoms. The lowest BCUT2D eigenvalue weighted by molar-refractivity contribution is -0.0502. The van der Waals surface area contributed by atoms with Gasteiger partial charge in [-0.3, -0.25) is 4.79 Å². The van der Waals surface area contributed by atoms with Crippen molar-refractivity contribution >= 4 is 5.78 Å². The van der Waals surface area contributed by atoms with Crippen molar-refractivity contribution in [3.63, 3.8) is 0 Å². The molecule has 0 aliphatic carbocycles. The van der Waals surface area contributed by atoms with E-state index in [1.165, 1.54) is 11.1 Å². The molecule has 0 radical (unpaired) electrons. The molecule has 0 amide bonds. The number of carbonyl (C=O) groups is 1. The average Bonchev–Trinajstić information content (AvgIpc) is 2.79. The second kappa shape index (κ2) is 4.79. The molecule has 0 N–H and O–H groups in total. The summed E-state index contributed by atoms with van der Waals surface area (Å²) in [5, 5.41) is 0. The minimum absolute atomic E-state index is 0.133. The van der Waals surface area contributed by atoms with Gasteiger partial charge in [-0.2, -0.15) is 0 Å². The second-order valence-electron chi connectivity index (χ2n) is 6.64. The van der Waals surface area contributed by atoms with Gasteiger partial charge in [-0.1, -0.05) is 48.5 Å².